The number of nitrogens with two attached hydrogens (primary N) is 2. The minimum atomic E-state index is 0.658. The van der Waals surface area contributed by atoms with Gasteiger partial charge in [0.05, 0.1) is 0 Å². The number of fused-ring (bicyclic) bond motifs is 1. The van der Waals surface area contributed by atoms with Gasteiger partial charge in [0, 0.05) is 29.3 Å². The SMILES string of the molecule is CO.Nc1ccc(C2CCCCC2)c2c(N)ccc(C3CCCCC3)c12. The largest absolute Gasteiger partial charge is 0.400 e. The minimum Gasteiger partial charge on any atom is -0.400 e. The zero-order chi connectivity index (χ0) is 18.5. The summed E-state index contributed by atoms with van der Waals surface area (Å²) in [4.78, 5) is 0. The van der Waals surface area contributed by atoms with Crippen molar-refractivity contribution in [3.8, 4) is 0 Å². The lowest BCUT2D eigenvalue weighted by Gasteiger charge is -2.28. The maximum absolute atomic E-state index is 7.00. The van der Waals surface area contributed by atoms with Crippen LogP contribution in [-0.4, -0.2) is 12.2 Å². The summed E-state index contributed by atoms with van der Waals surface area (Å²) in [6, 6.07) is 8.79. The fraction of sp³-hybridized carbons (Fsp3) is 0.565. The van der Waals surface area contributed by atoms with Crippen LogP contribution in [0.3, 0.4) is 0 Å². The normalized spacial score (nSPS) is 19.2. The van der Waals surface area contributed by atoms with Gasteiger partial charge in [0.25, 0.3) is 0 Å². The third-order valence-electron chi connectivity index (χ3n) is 6.38. The smallest absolute Gasteiger partial charge is 0.0397 e. The molecule has 2 aromatic rings. The lowest BCUT2D eigenvalue weighted by atomic mass is 9.78. The van der Waals surface area contributed by atoms with Gasteiger partial charge in [0.1, 0.15) is 0 Å². The first-order valence-corrected chi connectivity index (χ1v) is 10.3. The molecule has 0 aromatic heterocycles. The van der Waals surface area contributed by atoms with Crippen molar-refractivity contribution in [2.24, 2.45) is 0 Å². The maximum Gasteiger partial charge on any atom is 0.0397 e. The maximum atomic E-state index is 7.00. The van der Waals surface area contributed by atoms with Crippen molar-refractivity contribution in [2.45, 2.75) is 76.0 Å². The fourth-order valence-corrected chi connectivity index (χ4v) is 5.11. The molecule has 0 heterocycles. The van der Waals surface area contributed by atoms with Gasteiger partial charge >= 0.3 is 0 Å². The van der Waals surface area contributed by atoms with Crippen molar-refractivity contribution >= 4 is 22.1 Å². The highest BCUT2D eigenvalue weighted by Gasteiger charge is 2.24. The summed E-state index contributed by atoms with van der Waals surface area (Å²) in [5.41, 5.74) is 17.7. The Morgan fingerprint density at radius 2 is 0.962 bits per heavy atom. The summed E-state index contributed by atoms with van der Waals surface area (Å²) < 4.78 is 0. The molecule has 2 saturated carbocycles. The molecule has 3 heteroatoms. The van der Waals surface area contributed by atoms with E-state index >= 15 is 0 Å². The number of hydrogen-bond donors (Lipinski definition) is 3. The van der Waals surface area contributed by atoms with Gasteiger partial charge in [0.15, 0.2) is 0 Å². The molecule has 0 bridgehead atoms. The second kappa shape index (κ2) is 8.77. The molecule has 0 atom stereocenters. The highest BCUT2D eigenvalue weighted by atomic mass is 16.2. The van der Waals surface area contributed by atoms with Gasteiger partial charge < -0.3 is 16.6 Å². The molecule has 2 aromatic carbocycles. The molecule has 5 N–H and O–H groups in total. The van der Waals surface area contributed by atoms with E-state index in [2.05, 4.69) is 24.3 Å². The van der Waals surface area contributed by atoms with Crippen molar-refractivity contribution in [3.05, 3.63) is 35.4 Å². The number of rotatable bonds is 2. The molecule has 0 spiro atoms. The van der Waals surface area contributed by atoms with Gasteiger partial charge in [-0.25, -0.2) is 0 Å². The number of benzene rings is 2. The van der Waals surface area contributed by atoms with Crippen LogP contribution in [0.1, 0.15) is 87.2 Å². The molecule has 2 aliphatic rings. The number of aliphatic hydroxyl groups is 1. The van der Waals surface area contributed by atoms with Crippen LogP contribution in [-0.2, 0) is 0 Å². The van der Waals surface area contributed by atoms with Crippen molar-refractivity contribution in [1.29, 1.82) is 0 Å². The minimum absolute atomic E-state index is 0.658. The number of nitrogen functional groups attached to an aromatic ring is 2. The van der Waals surface area contributed by atoms with Crippen LogP contribution >= 0.6 is 0 Å². The molecule has 0 unspecified atom stereocenters. The standard InChI is InChI=1S/C22H30N2.CH4O/c23-19-14-12-18(16-9-5-2-6-10-16)22-20(24)13-11-17(21(19)22)15-7-3-1-4-8-15;1-2/h11-16H,1-10,23-24H2;2H,1H3. The molecule has 26 heavy (non-hydrogen) atoms. The van der Waals surface area contributed by atoms with Gasteiger partial charge in [-0.2, -0.15) is 0 Å². The quantitative estimate of drug-likeness (QED) is 0.605. The Balaban J connectivity index is 0.000000948. The van der Waals surface area contributed by atoms with Crippen LogP contribution in [0, 0.1) is 0 Å². The highest BCUT2D eigenvalue weighted by Crippen LogP contribution is 2.44. The molecule has 0 aliphatic heterocycles. The van der Waals surface area contributed by atoms with Crippen molar-refractivity contribution < 1.29 is 5.11 Å². The van der Waals surface area contributed by atoms with Crippen molar-refractivity contribution in [3.63, 3.8) is 0 Å². The summed E-state index contributed by atoms with van der Waals surface area (Å²) in [6.45, 7) is 0. The number of hydrogen-bond acceptors (Lipinski definition) is 3. The molecule has 0 amide bonds. The Labute approximate surface area is 157 Å². The van der Waals surface area contributed by atoms with Crippen LogP contribution in [0.25, 0.3) is 10.8 Å². The molecule has 4 rings (SSSR count). The third-order valence-corrected chi connectivity index (χ3v) is 6.38. The summed E-state index contributed by atoms with van der Waals surface area (Å²) in [5.74, 6) is 1.32. The van der Waals surface area contributed by atoms with Gasteiger partial charge in [-0.15, -0.1) is 0 Å². The Hall–Kier alpha value is -1.74. The molecule has 3 nitrogen and oxygen atoms in total. The Bertz CT molecular complexity index is 665. The van der Waals surface area contributed by atoms with Gasteiger partial charge in [-0.05, 0) is 60.8 Å². The van der Waals surface area contributed by atoms with E-state index in [-0.39, 0.29) is 0 Å². The van der Waals surface area contributed by atoms with Crippen molar-refractivity contribution in [2.75, 3.05) is 18.6 Å². The summed E-state index contributed by atoms with van der Waals surface area (Å²) in [6.07, 6.45) is 13.3. The first kappa shape index (κ1) is 19.0. The van der Waals surface area contributed by atoms with Crippen LogP contribution < -0.4 is 11.5 Å². The van der Waals surface area contributed by atoms with E-state index in [1.165, 1.54) is 86.1 Å². The van der Waals surface area contributed by atoms with Crippen LogP contribution in [0.5, 0.6) is 0 Å². The van der Waals surface area contributed by atoms with E-state index in [0.29, 0.717) is 11.8 Å². The predicted molar refractivity (Wildman–Crippen MR) is 113 cm³/mol. The van der Waals surface area contributed by atoms with E-state index in [9.17, 15) is 0 Å². The second-order valence-electron chi connectivity index (χ2n) is 7.91. The molecular weight excluding hydrogens is 320 g/mol. The topological polar surface area (TPSA) is 72.3 Å². The summed E-state index contributed by atoms with van der Waals surface area (Å²) in [7, 11) is 1.00. The van der Waals surface area contributed by atoms with E-state index < -0.39 is 0 Å². The highest BCUT2D eigenvalue weighted by molar-refractivity contribution is 6.05. The van der Waals surface area contributed by atoms with E-state index in [4.69, 9.17) is 16.6 Å². The van der Waals surface area contributed by atoms with Crippen molar-refractivity contribution in [1.82, 2.24) is 0 Å². The second-order valence-corrected chi connectivity index (χ2v) is 7.91. The Kier molecular flexibility index (Phi) is 6.42. The van der Waals surface area contributed by atoms with Gasteiger partial charge in [-0.3, -0.25) is 0 Å². The van der Waals surface area contributed by atoms with E-state index in [1.807, 2.05) is 0 Å². The van der Waals surface area contributed by atoms with Crippen LogP contribution in [0.15, 0.2) is 24.3 Å². The summed E-state index contributed by atoms with van der Waals surface area (Å²) in [5, 5.41) is 9.54. The molecule has 2 aliphatic carbocycles. The average Bonchev–Trinajstić information content (AvgIpc) is 2.72. The monoisotopic (exact) mass is 354 g/mol. The predicted octanol–water partition coefficient (Wildman–Crippen LogP) is 5.71. The fourth-order valence-electron chi connectivity index (χ4n) is 5.11. The lowest BCUT2D eigenvalue weighted by molar-refractivity contribution is 0.399. The number of aliphatic hydroxyl groups excluding tert-OH is 1. The van der Waals surface area contributed by atoms with Crippen LogP contribution in [0.2, 0.25) is 0 Å². The van der Waals surface area contributed by atoms with Gasteiger partial charge in [-0.1, -0.05) is 50.7 Å². The molecule has 0 saturated heterocycles. The zero-order valence-corrected chi connectivity index (χ0v) is 16.1. The van der Waals surface area contributed by atoms with E-state index in [1.54, 1.807) is 0 Å². The molecular formula is C23H34N2O. The first-order valence-electron chi connectivity index (χ1n) is 10.3. The lowest BCUT2D eigenvalue weighted by Crippen LogP contribution is -2.10. The Morgan fingerprint density at radius 3 is 1.31 bits per heavy atom. The Morgan fingerprint density at radius 1 is 0.615 bits per heavy atom. The molecule has 2 fully saturated rings. The zero-order valence-electron chi connectivity index (χ0n) is 16.1. The van der Waals surface area contributed by atoms with Gasteiger partial charge in [0.2, 0.25) is 0 Å². The third kappa shape index (κ3) is 3.68. The first-order chi connectivity index (χ1) is 12.8. The molecule has 142 valence electrons. The molecule has 0 radical (unpaired) electrons. The summed E-state index contributed by atoms with van der Waals surface area (Å²) >= 11 is 0. The average molecular weight is 355 g/mol. The number of anilines is 2. The van der Waals surface area contributed by atoms with E-state index in [0.717, 1.165) is 18.5 Å². The van der Waals surface area contributed by atoms with Crippen LogP contribution in [0.4, 0.5) is 11.4 Å².